The van der Waals surface area contributed by atoms with E-state index in [1.165, 1.54) is 28.4 Å². The first kappa shape index (κ1) is 14.4. The maximum absolute atomic E-state index is 9.71. The van der Waals surface area contributed by atoms with Crippen molar-refractivity contribution in [3.8, 4) is 0 Å². The molecule has 4 nitrogen and oxygen atoms in total. The molecule has 2 aliphatic rings. The van der Waals surface area contributed by atoms with Crippen molar-refractivity contribution in [2.24, 2.45) is 5.41 Å². The number of aromatic nitrogens is 1. The van der Waals surface area contributed by atoms with Gasteiger partial charge in [0.25, 0.3) is 0 Å². The molecule has 1 aromatic heterocycles. The highest BCUT2D eigenvalue weighted by Gasteiger charge is 2.32. The molecule has 1 aliphatic heterocycles. The van der Waals surface area contributed by atoms with Crippen molar-refractivity contribution in [1.82, 2.24) is 10.3 Å². The van der Waals surface area contributed by atoms with Crippen molar-refractivity contribution in [2.45, 2.75) is 45.1 Å². The summed E-state index contributed by atoms with van der Waals surface area (Å²) >= 11 is 1.86. The smallest absolute Gasteiger partial charge is 0.110 e. The largest absolute Gasteiger partial charge is 0.396 e. The molecule has 0 bridgehead atoms. The highest BCUT2D eigenvalue weighted by Crippen LogP contribution is 2.32. The monoisotopic (exact) mass is 296 g/mol. The summed E-state index contributed by atoms with van der Waals surface area (Å²) in [7, 11) is 0. The van der Waals surface area contributed by atoms with Gasteiger partial charge < -0.3 is 15.2 Å². The van der Waals surface area contributed by atoms with Crippen molar-refractivity contribution in [2.75, 3.05) is 26.4 Å². The zero-order valence-electron chi connectivity index (χ0n) is 12.2. The van der Waals surface area contributed by atoms with E-state index in [0.717, 1.165) is 39.0 Å². The van der Waals surface area contributed by atoms with E-state index in [-0.39, 0.29) is 18.1 Å². The van der Waals surface area contributed by atoms with Crippen LogP contribution in [0.15, 0.2) is 0 Å². The first-order chi connectivity index (χ1) is 9.72. The lowest BCUT2D eigenvalue weighted by Crippen LogP contribution is -2.42. The standard InChI is InChI=1S/C15H24N2O2S/c1-11(14-17-12-3-2-4-13(12)20-14)16-9-15(10-18)5-7-19-8-6-15/h11,16,18H,2-10H2,1H3. The SMILES string of the molecule is CC(NCC1(CO)CCOCC1)c1nc2c(s1)CCC2. The Kier molecular flexibility index (Phi) is 4.40. The summed E-state index contributed by atoms with van der Waals surface area (Å²) in [6.45, 7) is 4.80. The molecule has 1 aliphatic carbocycles. The third-order valence-corrected chi connectivity index (χ3v) is 5.99. The average Bonchev–Trinajstić information content (AvgIpc) is 3.07. The van der Waals surface area contributed by atoms with Crippen molar-refractivity contribution in [1.29, 1.82) is 0 Å². The van der Waals surface area contributed by atoms with Crippen LogP contribution < -0.4 is 5.32 Å². The quantitative estimate of drug-likeness (QED) is 0.873. The minimum Gasteiger partial charge on any atom is -0.396 e. The molecular weight excluding hydrogens is 272 g/mol. The number of fused-ring (bicyclic) bond motifs is 1. The number of aliphatic hydroxyl groups is 1. The Hall–Kier alpha value is -0.490. The van der Waals surface area contributed by atoms with Crippen molar-refractivity contribution in [3.05, 3.63) is 15.6 Å². The van der Waals surface area contributed by atoms with Crippen LogP contribution in [0.5, 0.6) is 0 Å². The minimum atomic E-state index is -0.00744. The molecule has 1 fully saturated rings. The van der Waals surface area contributed by atoms with Crippen LogP contribution in [0, 0.1) is 5.41 Å². The third-order valence-electron chi connectivity index (χ3n) is 4.65. The molecule has 3 rings (SSSR count). The predicted octanol–water partition coefficient (Wildman–Crippen LogP) is 2.07. The molecule has 5 heteroatoms. The summed E-state index contributed by atoms with van der Waals surface area (Å²) in [6, 6.07) is 0.275. The molecule has 2 heterocycles. The number of thiazole rings is 1. The number of nitrogens with zero attached hydrogens (tertiary/aromatic N) is 1. The van der Waals surface area contributed by atoms with Gasteiger partial charge in [-0.25, -0.2) is 4.98 Å². The summed E-state index contributed by atoms with van der Waals surface area (Å²) in [6.07, 6.45) is 5.51. The lowest BCUT2D eigenvalue weighted by molar-refractivity contribution is -0.0163. The van der Waals surface area contributed by atoms with E-state index in [9.17, 15) is 5.11 Å². The normalized spacial score (nSPS) is 22.7. The van der Waals surface area contributed by atoms with E-state index in [1.54, 1.807) is 0 Å². The van der Waals surface area contributed by atoms with E-state index in [0.29, 0.717) is 0 Å². The summed E-state index contributed by atoms with van der Waals surface area (Å²) in [4.78, 5) is 6.25. The van der Waals surface area contributed by atoms with Crippen LogP contribution in [0.2, 0.25) is 0 Å². The number of aryl methyl sites for hydroxylation is 2. The van der Waals surface area contributed by atoms with Gasteiger partial charge in [0.2, 0.25) is 0 Å². The molecular formula is C15H24N2O2S. The maximum Gasteiger partial charge on any atom is 0.110 e. The number of ether oxygens (including phenoxy) is 1. The Balaban J connectivity index is 1.59. The first-order valence-electron chi connectivity index (χ1n) is 7.63. The summed E-state index contributed by atoms with van der Waals surface area (Å²) < 4.78 is 5.41. The van der Waals surface area contributed by atoms with Crippen molar-refractivity contribution >= 4 is 11.3 Å². The Morgan fingerprint density at radius 1 is 1.40 bits per heavy atom. The highest BCUT2D eigenvalue weighted by molar-refractivity contribution is 7.11. The van der Waals surface area contributed by atoms with Gasteiger partial charge >= 0.3 is 0 Å². The Labute approximate surface area is 124 Å². The van der Waals surface area contributed by atoms with E-state index < -0.39 is 0 Å². The van der Waals surface area contributed by atoms with Gasteiger partial charge in [-0.15, -0.1) is 11.3 Å². The molecule has 0 amide bonds. The Morgan fingerprint density at radius 2 is 2.20 bits per heavy atom. The van der Waals surface area contributed by atoms with Crippen LogP contribution in [0.25, 0.3) is 0 Å². The molecule has 2 N–H and O–H groups in total. The fourth-order valence-electron chi connectivity index (χ4n) is 3.05. The van der Waals surface area contributed by atoms with Gasteiger partial charge in [-0.05, 0) is 39.0 Å². The lowest BCUT2D eigenvalue weighted by Gasteiger charge is -2.36. The summed E-state index contributed by atoms with van der Waals surface area (Å²) in [5.74, 6) is 0. The number of hydrogen-bond donors (Lipinski definition) is 2. The lowest BCUT2D eigenvalue weighted by atomic mass is 9.81. The second-order valence-electron chi connectivity index (χ2n) is 6.15. The molecule has 0 radical (unpaired) electrons. The predicted molar refractivity (Wildman–Crippen MR) is 80.1 cm³/mol. The number of rotatable bonds is 5. The Bertz CT molecular complexity index is 433. The zero-order chi connectivity index (χ0) is 14.0. The van der Waals surface area contributed by atoms with E-state index >= 15 is 0 Å². The van der Waals surface area contributed by atoms with Gasteiger partial charge in [0, 0.05) is 30.1 Å². The van der Waals surface area contributed by atoms with Crippen LogP contribution >= 0.6 is 11.3 Å². The number of aliphatic hydroxyl groups excluding tert-OH is 1. The molecule has 0 spiro atoms. The van der Waals surface area contributed by atoms with Crippen LogP contribution in [-0.2, 0) is 17.6 Å². The van der Waals surface area contributed by atoms with Gasteiger partial charge in [-0.2, -0.15) is 0 Å². The highest BCUT2D eigenvalue weighted by atomic mass is 32.1. The average molecular weight is 296 g/mol. The third kappa shape index (κ3) is 2.91. The minimum absolute atomic E-state index is 0.00744. The van der Waals surface area contributed by atoms with Gasteiger partial charge in [-0.3, -0.25) is 0 Å². The van der Waals surface area contributed by atoms with Crippen molar-refractivity contribution < 1.29 is 9.84 Å². The van der Waals surface area contributed by atoms with E-state index in [2.05, 4.69) is 12.2 Å². The molecule has 1 atom stereocenters. The van der Waals surface area contributed by atoms with Crippen molar-refractivity contribution in [3.63, 3.8) is 0 Å². The van der Waals surface area contributed by atoms with Gasteiger partial charge in [-0.1, -0.05) is 0 Å². The van der Waals surface area contributed by atoms with E-state index in [1.807, 2.05) is 11.3 Å². The molecule has 1 unspecified atom stereocenters. The number of nitrogens with one attached hydrogen (secondary N) is 1. The fourth-order valence-corrected chi connectivity index (χ4v) is 4.23. The van der Waals surface area contributed by atoms with Crippen LogP contribution in [0.3, 0.4) is 0 Å². The van der Waals surface area contributed by atoms with Gasteiger partial charge in [0.05, 0.1) is 18.3 Å². The number of hydrogen-bond acceptors (Lipinski definition) is 5. The summed E-state index contributed by atoms with van der Waals surface area (Å²) in [5.41, 5.74) is 1.31. The molecule has 20 heavy (non-hydrogen) atoms. The Morgan fingerprint density at radius 3 is 2.90 bits per heavy atom. The fraction of sp³-hybridized carbons (Fsp3) is 0.800. The second-order valence-corrected chi connectivity index (χ2v) is 7.26. The summed E-state index contributed by atoms with van der Waals surface area (Å²) in [5, 5.41) is 14.5. The van der Waals surface area contributed by atoms with Gasteiger partial charge in [0.15, 0.2) is 0 Å². The maximum atomic E-state index is 9.71. The van der Waals surface area contributed by atoms with Crippen LogP contribution in [0.4, 0.5) is 0 Å². The molecule has 112 valence electrons. The molecule has 0 aromatic carbocycles. The molecule has 0 saturated carbocycles. The van der Waals surface area contributed by atoms with Crippen LogP contribution in [0.1, 0.15) is 47.8 Å². The molecule has 1 aromatic rings. The first-order valence-corrected chi connectivity index (χ1v) is 8.45. The topological polar surface area (TPSA) is 54.4 Å². The van der Waals surface area contributed by atoms with Crippen LogP contribution in [-0.4, -0.2) is 36.5 Å². The molecule has 1 saturated heterocycles. The van der Waals surface area contributed by atoms with E-state index in [4.69, 9.17) is 9.72 Å². The van der Waals surface area contributed by atoms with Gasteiger partial charge in [0.1, 0.15) is 5.01 Å². The zero-order valence-corrected chi connectivity index (χ0v) is 13.0. The second kappa shape index (κ2) is 6.10.